The lowest BCUT2D eigenvalue weighted by molar-refractivity contribution is -0.122. The van der Waals surface area contributed by atoms with E-state index in [2.05, 4.69) is 15.4 Å². The van der Waals surface area contributed by atoms with E-state index in [1.165, 1.54) is 10.7 Å². The number of rotatable bonds is 6. The molecule has 2 aromatic carbocycles. The summed E-state index contributed by atoms with van der Waals surface area (Å²) in [5.74, 6) is 0.0584. The van der Waals surface area contributed by atoms with Gasteiger partial charge in [0.15, 0.2) is 5.82 Å². The number of nitrogens with one attached hydrogen (secondary N) is 1. The van der Waals surface area contributed by atoms with Gasteiger partial charge in [0.25, 0.3) is 0 Å². The summed E-state index contributed by atoms with van der Waals surface area (Å²) >= 11 is 0. The Morgan fingerprint density at radius 2 is 2.00 bits per heavy atom. The van der Waals surface area contributed by atoms with Crippen LogP contribution in [0.4, 0.5) is 10.1 Å². The third kappa shape index (κ3) is 4.13. The second-order valence-electron chi connectivity index (χ2n) is 7.44. The maximum absolute atomic E-state index is 14.4. The summed E-state index contributed by atoms with van der Waals surface area (Å²) in [6.07, 6.45) is 2.85. The van der Waals surface area contributed by atoms with E-state index in [1.54, 1.807) is 24.3 Å². The SMILES string of the molecule is CC(C)Oc1nc(-c2ccccc2F)n(-c2cccc(NC(=O)C3CCC3)c2)n1. The molecule has 1 aliphatic rings. The minimum absolute atomic E-state index is 0.0325. The fourth-order valence-electron chi connectivity index (χ4n) is 3.18. The van der Waals surface area contributed by atoms with E-state index in [0.29, 0.717) is 22.8 Å². The second kappa shape index (κ2) is 8.03. The standard InChI is InChI=1S/C22H23FN4O2/c1-14(2)29-22-25-20(18-11-3-4-12-19(18)23)27(26-22)17-10-6-9-16(13-17)24-21(28)15-7-5-8-15/h3-4,6,9-15H,5,7-8H2,1-2H3,(H,24,28). The lowest BCUT2D eigenvalue weighted by atomic mass is 9.85. The molecule has 1 heterocycles. The zero-order valence-corrected chi connectivity index (χ0v) is 16.4. The van der Waals surface area contributed by atoms with Crippen molar-refractivity contribution in [1.82, 2.24) is 14.8 Å². The number of nitrogens with zero attached hydrogens (tertiary/aromatic N) is 3. The van der Waals surface area contributed by atoms with Crippen LogP contribution in [-0.4, -0.2) is 26.8 Å². The first-order valence-electron chi connectivity index (χ1n) is 9.81. The molecular weight excluding hydrogens is 371 g/mol. The summed E-state index contributed by atoms with van der Waals surface area (Å²) in [6.45, 7) is 3.75. The van der Waals surface area contributed by atoms with Crippen molar-refractivity contribution < 1.29 is 13.9 Å². The molecule has 4 rings (SSSR count). The van der Waals surface area contributed by atoms with E-state index in [-0.39, 0.29) is 23.9 Å². The normalized spacial score (nSPS) is 13.9. The van der Waals surface area contributed by atoms with E-state index < -0.39 is 5.82 Å². The molecule has 1 amide bonds. The minimum Gasteiger partial charge on any atom is -0.460 e. The van der Waals surface area contributed by atoms with Crippen molar-refractivity contribution >= 4 is 11.6 Å². The van der Waals surface area contributed by atoms with E-state index in [1.807, 2.05) is 32.0 Å². The van der Waals surface area contributed by atoms with Gasteiger partial charge in [-0.15, -0.1) is 5.10 Å². The van der Waals surface area contributed by atoms with Crippen LogP contribution in [0.25, 0.3) is 17.1 Å². The Morgan fingerprint density at radius 1 is 1.21 bits per heavy atom. The van der Waals surface area contributed by atoms with Crippen LogP contribution in [0.2, 0.25) is 0 Å². The van der Waals surface area contributed by atoms with Crippen LogP contribution in [0, 0.1) is 11.7 Å². The number of hydrogen-bond acceptors (Lipinski definition) is 4. The highest BCUT2D eigenvalue weighted by Crippen LogP contribution is 2.29. The Kier molecular flexibility index (Phi) is 5.29. The highest BCUT2D eigenvalue weighted by Gasteiger charge is 2.25. The zero-order valence-electron chi connectivity index (χ0n) is 16.4. The predicted molar refractivity (Wildman–Crippen MR) is 108 cm³/mol. The third-order valence-corrected chi connectivity index (χ3v) is 4.88. The number of carbonyl (C=O) groups is 1. The van der Waals surface area contributed by atoms with Crippen molar-refractivity contribution in [3.8, 4) is 23.1 Å². The van der Waals surface area contributed by atoms with E-state index in [9.17, 15) is 9.18 Å². The van der Waals surface area contributed by atoms with E-state index >= 15 is 0 Å². The molecule has 6 nitrogen and oxygen atoms in total. The second-order valence-corrected chi connectivity index (χ2v) is 7.44. The van der Waals surface area contributed by atoms with Crippen LogP contribution < -0.4 is 10.1 Å². The first-order valence-corrected chi connectivity index (χ1v) is 9.81. The molecule has 0 radical (unpaired) electrons. The largest absolute Gasteiger partial charge is 0.460 e. The van der Waals surface area contributed by atoms with Crippen molar-refractivity contribution in [1.29, 1.82) is 0 Å². The van der Waals surface area contributed by atoms with Gasteiger partial charge in [-0.3, -0.25) is 4.79 Å². The molecule has 1 N–H and O–H groups in total. The molecule has 1 saturated carbocycles. The summed E-state index contributed by atoms with van der Waals surface area (Å²) in [6, 6.07) is 13.8. The van der Waals surface area contributed by atoms with Gasteiger partial charge in [-0.2, -0.15) is 4.98 Å². The summed E-state index contributed by atoms with van der Waals surface area (Å²) in [5.41, 5.74) is 1.64. The maximum Gasteiger partial charge on any atom is 0.336 e. The lowest BCUT2D eigenvalue weighted by Gasteiger charge is -2.24. The Bertz CT molecular complexity index is 1030. The number of ether oxygens (including phenoxy) is 1. The highest BCUT2D eigenvalue weighted by atomic mass is 19.1. The predicted octanol–water partition coefficient (Wildman–Crippen LogP) is 4.60. The smallest absolute Gasteiger partial charge is 0.336 e. The van der Waals surface area contributed by atoms with Gasteiger partial charge in [-0.25, -0.2) is 9.07 Å². The number of hydrogen-bond donors (Lipinski definition) is 1. The minimum atomic E-state index is -0.397. The Balaban J connectivity index is 1.71. The fraction of sp³-hybridized carbons (Fsp3) is 0.318. The number of amides is 1. The molecule has 0 bridgehead atoms. The molecule has 150 valence electrons. The van der Waals surface area contributed by atoms with Crippen molar-refractivity contribution in [3.05, 3.63) is 54.3 Å². The molecular formula is C22H23FN4O2. The van der Waals surface area contributed by atoms with Crippen LogP contribution in [0.5, 0.6) is 6.01 Å². The van der Waals surface area contributed by atoms with Gasteiger partial charge in [-0.05, 0) is 57.0 Å². The molecule has 0 saturated heterocycles. The summed E-state index contributed by atoms with van der Waals surface area (Å²) in [4.78, 5) is 16.7. The van der Waals surface area contributed by atoms with Crippen LogP contribution in [0.1, 0.15) is 33.1 Å². The van der Waals surface area contributed by atoms with Gasteiger partial charge < -0.3 is 10.1 Å². The third-order valence-electron chi connectivity index (χ3n) is 4.88. The molecule has 1 aliphatic carbocycles. The average Bonchev–Trinajstić information content (AvgIpc) is 3.03. The van der Waals surface area contributed by atoms with Crippen molar-refractivity contribution in [2.45, 2.75) is 39.2 Å². The molecule has 1 fully saturated rings. The average molecular weight is 394 g/mol. The summed E-state index contributed by atoms with van der Waals surface area (Å²) in [7, 11) is 0. The maximum atomic E-state index is 14.4. The number of carbonyl (C=O) groups excluding carboxylic acids is 1. The topological polar surface area (TPSA) is 69.0 Å². The highest BCUT2D eigenvalue weighted by molar-refractivity contribution is 5.93. The van der Waals surface area contributed by atoms with Crippen LogP contribution in [-0.2, 0) is 4.79 Å². The molecule has 0 aliphatic heterocycles. The van der Waals surface area contributed by atoms with Crippen LogP contribution in [0.3, 0.4) is 0 Å². The molecule has 3 aromatic rings. The Hall–Kier alpha value is -3.22. The Labute approximate surface area is 168 Å². The molecule has 0 spiro atoms. The molecule has 7 heteroatoms. The van der Waals surface area contributed by atoms with Gasteiger partial charge in [0.2, 0.25) is 5.91 Å². The number of halogens is 1. The monoisotopic (exact) mass is 394 g/mol. The van der Waals surface area contributed by atoms with Gasteiger partial charge >= 0.3 is 6.01 Å². The van der Waals surface area contributed by atoms with Crippen molar-refractivity contribution in [3.63, 3.8) is 0 Å². The van der Waals surface area contributed by atoms with Crippen molar-refractivity contribution in [2.24, 2.45) is 5.92 Å². The van der Waals surface area contributed by atoms with Crippen LogP contribution >= 0.6 is 0 Å². The molecule has 29 heavy (non-hydrogen) atoms. The van der Waals surface area contributed by atoms with Gasteiger partial charge in [-0.1, -0.05) is 24.6 Å². The quantitative estimate of drug-likeness (QED) is 0.663. The van der Waals surface area contributed by atoms with E-state index in [4.69, 9.17) is 4.74 Å². The van der Waals surface area contributed by atoms with Gasteiger partial charge in [0.1, 0.15) is 5.82 Å². The van der Waals surface area contributed by atoms with Crippen LogP contribution in [0.15, 0.2) is 48.5 Å². The first-order chi connectivity index (χ1) is 14.0. The first kappa shape index (κ1) is 19.1. The number of anilines is 1. The van der Waals surface area contributed by atoms with E-state index in [0.717, 1.165) is 19.3 Å². The van der Waals surface area contributed by atoms with Gasteiger partial charge in [0.05, 0.1) is 17.4 Å². The molecule has 0 atom stereocenters. The fourth-order valence-corrected chi connectivity index (χ4v) is 3.18. The zero-order chi connectivity index (χ0) is 20.4. The number of benzene rings is 2. The van der Waals surface area contributed by atoms with Gasteiger partial charge in [0, 0.05) is 11.6 Å². The molecule has 1 aromatic heterocycles. The molecule has 0 unspecified atom stereocenters. The summed E-state index contributed by atoms with van der Waals surface area (Å²) < 4.78 is 21.6. The summed E-state index contributed by atoms with van der Waals surface area (Å²) in [5, 5.41) is 7.38. The van der Waals surface area contributed by atoms with Crippen molar-refractivity contribution in [2.75, 3.05) is 5.32 Å². The Morgan fingerprint density at radius 3 is 2.69 bits per heavy atom. The lowest BCUT2D eigenvalue weighted by Crippen LogP contribution is -2.28. The number of aromatic nitrogens is 3.